The maximum atomic E-state index is 13.9. The lowest BCUT2D eigenvalue weighted by molar-refractivity contribution is 0.137. The summed E-state index contributed by atoms with van der Waals surface area (Å²) in [5, 5.41) is 12.3. The van der Waals surface area contributed by atoms with Crippen LogP contribution in [0, 0.1) is 17.5 Å². The Morgan fingerprint density at radius 2 is 1.80 bits per heavy atom. The third kappa shape index (κ3) is 3.63. The molecule has 1 heterocycles. The van der Waals surface area contributed by atoms with Crippen molar-refractivity contribution in [2.45, 2.75) is 12.5 Å². The second-order valence-corrected chi connectivity index (χ2v) is 4.58. The Bertz CT molecular complexity index is 442. The van der Waals surface area contributed by atoms with Crippen LogP contribution in [-0.2, 0) is 0 Å². The minimum Gasteiger partial charge on any atom is -0.396 e. The fourth-order valence-corrected chi connectivity index (χ4v) is 2.45. The Balaban J connectivity index is 0.00000200. The molecule has 0 spiro atoms. The van der Waals surface area contributed by atoms with Crippen LogP contribution in [0.5, 0.6) is 0 Å². The largest absolute Gasteiger partial charge is 0.396 e. The Labute approximate surface area is 122 Å². The molecule has 114 valence electrons. The summed E-state index contributed by atoms with van der Waals surface area (Å²) in [4.78, 5) is 1.97. The predicted molar refractivity (Wildman–Crippen MR) is 72.5 cm³/mol. The van der Waals surface area contributed by atoms with Gasteiger partial charge < -0.3 is 10.4 Å². The highest BCUT2D eigenvalue weighted by Crippen LogP contribution is 2.28. The minimum atomic E-state index is -1.45. The summed E-state index contributed by atoms with van der Waals surface area (Å²) in [6, 6.07) is 1.76. The van der Waals surface area contributed by atoms with Crippen LogP contribution in [0.2, 0.25) is 0 Å². The first kappa shape index (κ1) is 17.2. The molecule has 2 rings (SSSR count). The lowest BCUT2D eigenvalue weighted by atomic mass is 10.0. The molecule has 20 heavy (non-hydrogen) atoms. The Kier molecular flexibility index (Phi) is 6.75. The van der Waals surface area contributed by atoms with E-state index in [4.69, 9.17) is 5.11 Å². The molecular weight excluding hydrogens is 293 g/mol. The number of benzene rings is 1. The van der Waals surface area contributed by atoms with Gasteiger partial charge in [0.1, 0.15) is 0 Å². The second kappa shape index (κ2) is 7.83. The predicted octanol–water partition coefficient (Wildman–Crippen LogP) is 1.85. The van der Waals surface area contributed by atoms with Crippen molar-refractivity contribution >= 4 is 12.4 Å². The van der Waals surface area contributed by atoms with Crippen LogP contribution in [0.25, 0.3) is 0 Å². The standard InChI is InChI=1S/C13H17F3N2O.ClH/c14-10-2-1-9(12(15)13(10)16)11(3-8-19)18-6-4-17-5-7-18;/h1-2,11,17,19H,3-8H2;1H/t11-;/m1./s1. The molecule has 1 fully saturated rings. The molecule has 0 bridgehead atoms. The van der Waals surface area contributed by atoms with E-state index in [9.17, 15) is 13.2 Å². The van der Waals surface area contributed by atoms with Crippen LogP contribution >= 0.6 is 12.4 Å². The molecule has 0 amide bonds. The molecule has 1 saturated heterocycles. The highest BCUT2D eigenvalue weighted by atomic mass is 35.5. The Hall–Kier alpha value is -0.820. The molecular formula is C13H18ClF3N2O. The number of halogens is 4. The van der Waals surface area contributed by atoms with Gasteiger partial charge in [-0.1, -0.05) is 6.07 Å². The average molecular weight is 311 g/mol. The molecule has 1 atom stereocenters. The number of nitrogens with one attached hydrogen (secondary N) is 1. The summed E-state index contributed by atoms with van der Waals surface area (Å²) in [5.41, 5.74) is 0.106. The van der Waals surface area contributed by atoms with Crippen LogP contribution in [0.3, 0.4) is 0 Å². The number of aliphatic hydroxyl groups excluding tert-OH is 1. The van der Waals surface area contributed by atoms with Gasteiger partial charge in [0.15, 0.2) is 17.5 Å². The summed E-state index contributed by atoms with van der Waals surface area (Å²) in [6.07, 6.45) is 0.294. The van der Waals surface area contributed by atoms with Crippen LogP contribution in [0.1, 0.15) is 18.0 Å². The van der Waals surface area contributed by atoms with Crippen LogP contribution in [0.15, 0.2) is 12.1 Å². The van der Waals surface area contributed by atoms with Crippen molar-refractivity contribution < 1.29 is 18.3 Å². The van der Waals surface area contributed by atoms with E-state index in [0.717, 1.165) is 19.2 Å². The fraction of sp³-hybridized carbons (Fsp3) is 0.538. The Morgan fingerprint density at radius 3 is 2.40 bits per heavy atom. The highest BCUT2D eigenvalue weighted by Gasteiger charge is 2.26. The molecule has 3 nitrogen and oxygen atoms in total. The third-order valence-electron chi connectivity index (χ3n) is 3.42. The zero-order chi connectivity index (χ0) is 13.8. The topological polar surface area (TPSA) is 35.5 Å². The number of hydrogen-bond acceptors (Lipinski definition) is 3. The summed E-state index contributed by atoms with van der Waals surface area (Å²) in [6.45, 7) is 2.75. The second-order valence-electron chi connectivity index (χ2n) is 4.58. The van der Waals surface area contributed by atoms with E-state index in [-0.39, 0.29) is 24.6 Å². The maximum absolute atomic E-state index is 13.9. The quantitative estimate of drug-likeness (QED) is 0.833. The van der Waals surface area contributed by atoms with Crippen LogP contribution in [-0.4, -0.2) is 42.8 Å². The van der Waals surface area contributed by atoms with Crippen LogP contribution < -0.4 is 5.32 Å². The van der Waals surface area contributed by atoms with E-state index < -0.39 is 23.5 Å². The molecule has 1 aromatic carbocycles. The van der Waals surface area contributed by atoms with Crippen molar-refractivity contribution in [3.63, 3.8) is 0 Å². The van der Waals surface area contributed by atoms with E-state index in [1.807, 2.05) is 4.90 Å². The van der Waals surface area contributed by atoms with Gasteiger partial charge in [0.05, 0.1) is 0 Å². The molecule has 0 aromatic heterocycles. The molecule has 7 heteroatoms. The molecule has 0 radical (unpaired) electrons. The summed E-state index contributed by atoms with van der Waals surface area (Å²) < 4.78 is 40.1. The molecule has 0 saturated carbocycles. The molecule has 0 aliphatic carbocycles. The van der Waals surface area contributed by atoms with Crippen molar-refractivity contribution in [1.82, 2.24) is 10.2 Å². The lowest BCUT2D eigenvalue weighted by Gasteiger charge is -2.35. The van der Waals surface area contributed by atoms with E-state index in [1.54, 1.807) is 0 Å². The van der Waals surface area contributed by atoms with E-state index in [0.29, 0.717) is 19.5 Å². The summed E-state index contributed by atoms with van der Waals surface area (Å²) in [5.74, 6) is -3.79. The van der Waals surface area contributed by atoms with Crippen LogP contribution in [0.4, 0.5) is 13.2 Å². The Morgan fingerprint density at radius 1 is 1.15 bits per heavy atom. The van der Waals surface area contributed by atoms with E-state index in [1.165, 1.54) is 6.07 Å². The molecule has 1 aliphatic heterocycles. The van der Waals surface area contributed by atoms with Crippen molar-refractivity contribution in [2.24, 2.45) is 0 Å². The normalized spacial score (nSPS) is 17.6. The molecule has 2 N–H and O–H groups in total. The third-order valence-corrected chi connectivity index (χ3v) is 3.42. The molecule has 0 unspecified atom stereocenters. The van der Waals surface area contributed by atoms with Crippen molar-refractivity contribution in [3.8, 4) is 0 Å². The van der Waals surface area contributed by atoms with Gasteiger partial charge in [0.25, 0.3) is 0 Å². The first-order chi connectivity index (χ1) is 9.15. The minimum absolute atomic E-state index is 0. The number of rotatable bonds is 4. The fourth-order valence-electron chi connectivity index (χ4n) is 2.45. The van der Waals surface area contributed by atoms with Gasteiger partial charge in [0, 0.05) is 44.4 Å². The van der Waals surface area contributed by atoms with Gasteiger partial charge in [-0.3, -0.25) is 4.90 Å². The van der Waals surface area contributed by atoms with Gasteiger partial charge in [-0.2, -0.15) is 0 Å². The van der Waals surface area contributed by atoms with Gasteiger partial charge in [-0.05, 0) is 12.5 Å². The number of aliphatic hydroxyl groups is 1. The van der Waals surface area contributed by atoms with Crippen molar-refractivity contribution in [2.75, 3.05) is 32.8 Å². The van der Waals surface area contributed by atoms with Gasteiger partial charge in [0.2, 0.25) is 0 Å². The monoisotopic (exact) mass is 310 g/mol. The van der Waals surface area contributed by atoms with E-state index in [2.05, 4.69) is 5.32 Å². The number of nitrogens with zero attached hydrogens (tertiary/aromatic N) is 1. The zero-order valence-corrected chi connectivity index (χ0v) is 11.7. The first-order valence-corrected chi connectivity index (χ1v) is 6.34. The zero-order valence-electron chi connectivity index (χ0n) is 10.9. The van der Waals surface area contributed by atoms with Crippen molar-refractivity contribution in [1.29, 1.82) is 0 Å². The SMILES string of the molecule is Cl.OCC[C@H](c1ccc(F)c(F)c1F)N1CCNCC1. The smallest absolute Gasteiger partial charge is 0.194 e. The number of piperazine rings is 1. The lowest BCUT2D eigenvalue weighted by Crippen LogP contribution is -2.45. The van der Waals surface area contributed by atoms with Crippen molar-refractivity contribution in [3.05, 3.63) is 35.1 Å². The highest BCUT2D eigenvalue weighted by molar-refractivity contribution is 5.85. The molecule has 1 aliphatic rings. The number of hydrogen-bond donors (Lipinski definition) is 2. The summed E-state index contributed by atoms with van der Waals surface area (Å²) >= 11 is 0. The maximum Gasteiger partial charge on any atom is 0.194 e. The molecule has 1 aromatic rings. The van der Waals surface area contributed by atoms with Gasteiger partial charge in [-0.15, -0.1) is 12.4 Å². The van der Waals surface area contributed by atoms with Gasteiger partial charge >= 0.3 is 0 Å². The average Bonchev–Trinajstić information content (AvgIpc) is 2.44. The summed E-state index contributed by atoms with van der Waals surface area (Å²) in [7, 11) is 0. The first-order valence-electron chi connectivity index (χ1n) is 6.34. The van der Waals surface area contributed by atoms with E-state index >= 15 is 0 Å². The van der Waals surface area contributed by atoms with Gasteiger partial charge in [-0.25, -0.2) is 13.2 Å².